The third kappa shape index (κ3) is 10.0. The van der Waals surface area contributed by atoms with Gasteiger partial charge in [-0.3, -0.25) is 0 Å². The normalized spacial score (nSPS) is 27.1. The van der Waals surface area contributed by atoms with Gasteiger partial charge in [-0.2, -0.15) is 0 Å². The van der Waals surface area contributed by atoms with E-state index in [1.54, 1.807) is 0 Å². The van der Waals surface area contributed by atoms with Crippen LogP contribution in [0.2, 0.25) is 33.2 Å². The molecule has 6 fully saturated rings. The molecule has 6 aliphatic carbocycles. The van der Waals surface area contributed by atoms with E-state index in [-0.39, 0.29) is 12.2 Å². The Morgan fingerprint density at radius 3 is 0.745 bits per heavy atom. The van der Waals surface area contributed by atoms with Gasteiger partial charge >= 0.3 is 328 Å². The van der Waals surface area contributed by atoms with Crippen LogP contribution in [0.25, 0.3) is 0 Å². The van der Waals surface area contributed by atoms with E-state index in [2.05, 4.69) is 27.7 Å². The van der Waals surface area contributed by atoms with Gasteiger partial charge in [0.1, 0.15) is 0 Å². The fraction of sp³-hybridized carbons (Fsp3) is 1.00. The first-order chi connectivity index (χ1) is 25.0. The summed E-state index contributed by atoms with van der Waals surface area (Å²) in [5.41, 5.74) is 4.63. The second-order valence-corrected chi connectivity index (χ2v) is 34.4. The predicted molar refractivity (Wildman–Crippen MR) is 216 cm³/mol. The van der Waals surface area contributed by atoms with Crippen LogP contribution in [0.15, 0.2) is 0 Å². The topological polar surface area (TPSA) is 36.9 Å². The monoisotopic (exact) mass is 822 g/mol. The second kappa shape index (κ2) is 20.5. The van der Waals surface area contributed by atoms with Gasteiger partial charge in [0, 0.05) is 0 Å². The molecule has 6 rings (SSSR count). The first-order valence-corrected chi connectivity index (χ1v) is 32.0. The minimum absolute atomic E-state index is 0.136. The van der Waals surface area contributed by atoms with Crippen molar-refractivity contribution in [3.8, 4) is 0 Å². The van der Waals surface area contributed by atoms with E-state index >= 15 is 0 Å². The van der Waals surface area contributed by atoms with Crippen molar-refractivity contribution in [2.24, 2.45) is 0 Å². The summed E-state index contributed by atoms with van der Waals surface area (Å²) in [6.07, 6.45) is 44.7. The molecule has 0 N–H and O–H groups in total. The molecule has 51 heavy (non-hydrogen) atoms. The van der Waals surface area contributed by atoms with Crippen LogP contribution in [-0.2, 0) is 32.7 Å². The van der Waals surface area contributed by atoms with Crippen LogP contribution in [0, 0.1) is 0 Å². The summed E-state index contributed by atoms with van der Waals surface area (Å²) in [5.74, 6) is 0. The van der Waals surface area contributed by atoms with Gasteiger partial charge in [-0.15, -0.1) is 0 Å². The molecule has 0 aromatic heterocycles. The summed E-state index contributed by atoms with van der Waals surface area (Å²) in [4.78, 5) is 0. The Bertz CT molecular complexity index is 809. The van der Waals surface area contributed by atoms with Crippen LogP contribution in [-0.4, -0.2) is 28.8 Å². The summed E-state index contributed by atoms with van der Waals surface area (Å²) in [5, 5.41) is 0. The standard InChI is InChI=1S/2C18H33OSi.2C4H9O.Zr/c2*19-20(16-10-4-1-5-11-16,17-12-6-2-7-13-17)18-14-8-3-9-15-18;2*1-3-4(2)5;/h2*16-18H,1-15H2;2*4H,3H2,1-2H3;/q4*-1;+4. The number of hydrogen-bond acceptors (Lipinski definition) is 4. The third-order valence-corrected chi connectivity index (χ3v) is 40.5. The first-order valence-electron chi connectivity index (χ1n) is 23.7. The Kier molecular flexibility index (Phi) is 16.8. The zero-order valence-electron chi connectivity index (χ0n) is 34.4. The van der Waals surface area contributed by atoms with E-state index in [4.69, 9.17) is 10.6 Å². The van der Waals surface area contributed by atoms with Crippen LogP contribution in [0.5, 0.6) is 0 Å². The molecular weight excluding hydrogens is 740 g/mol. The van der Waals surface area contributed by atoms with Crippen molar-refractivity contribution in [3.63, 3.8) is 0 Å². The van der Waals surface area contributed by atoms with Crippen LogP contribution in [0.3, 0.4) is 0 Å². The second-order valence-electron chi connectivity index (χ2n) is 19.1. The SMILES string of the molecule is CCC(C)[O][Zr]([O]C(C)CC)([O][Si](C1CCCCC1)(C1CCCCC1)C1CCCCC1)[O][Si](C1CCCCC1)(C1CCCCC1)C1CCCCC1. The van der Waals surface area contributed by atoms with Gasteiger partial charge in [0.15, 0.2) is 0 Å². The molecule has 0 radical (unpaired) electrons. The van der Waals surface area contributed by atoms with Gasteiger partial charge in [0.05, 0.1) is 0 Å². The summed E-state index contributed by atoms with van der Waals surface area (Å²) >= 11 is -4.78. The molecule has 6 saturated carbocycles. The molecule has 6 aliphatic rings. The number of hydrogen-bond donors (Lipinski definition) is 0. The molecule has 0 saturated heterocycles. The van der Waals surface area contributed by atoms with Crippen LogP contribution in [0.1, 0.15) is 233 Å². The minimum atomic E-state index is -4.78. The van der Waals surface area contributed by atoms with Crippen LogP contribution >= 0.6 is 0 Å². The van der Waals surface area contributed by atoms with Crippen molar-refractivity contribution in [3.05, 3.63) is 0 Å². The Morgan fingerprint density at radius 2 is 0.569 bits per heavy atom. The van der Waals surface area contributed by atoms with Gasteiger partial charge in [0.25, 0.3) is 0 Å². The molecule has 296 valence electrons. The zero-order chi connectivity index (χ0) is 35.6. The summed E-state index contributed by atoms with van der Waals surface area (Å²) in [6, 6.07) is 0. The number of rotatable bonds is 16. The van der Waals surface area contributed by atoms with Crippen molar-refractivity contribution in [2.45, 2.75) is 279 Å². The Balaban J connectivity index is 1.55. The molecule has 0 bridgehead atoms. The van der Waals surface area contributed by atoms with Crippen LogP contribution in [0.4, 0.5) is 0 Å². The molecule has 0 aromatic carbocycles. The van der Waals surface area contributed by atoms with Crippen molar-refractivity contribution in [1.82, 2.24) is 0 Å². The quantitative estimate of drug-likeness (QED) is 0.145. The van der Waals surface area contributed by atoms with Crippen molar-refractivity contribution in [1.29, 1.82) is 0 Å². The Hall–Kier alpha value is 1.16. The summed E-state index contributed by atoms with van der Waals surface area (Å²) < 4.78 is 33.3. The first kappa shape index (κ1) is 41.8. The van der Waals surface area contributed by atoms with E-state index in [0.29, 0.717) is 0 Å². The van der Waals surface area contributed by atoms with E-state index in [0.717, 1.165) is 46.1 Å². The van der Waals surface area contributed by atoms with Gasteiger partial charge < -0.3 is 0 Å². The molecule has 7 heteroatoms. The van der Waals surface area contributed by atoms with Gasteiger partial charge in [0.2, 0.25) is 0 Å². The average molecular weight is 825 g/mol. The molecule has 0 spiro atoms. The molecular formula is C44H84O4Si2Zr. The molecule has 2 unspecified atom stereocenters. The maximum absolute atomic E-state index is 8.83. The van der Waals surface area contributed by atoms with Crippen molar-refractivity contribution >= 4 is 16.6 Å². The van der Waals surface area contributed by atoms with Gasteiger partial charge in [-0.1, -0.05) is 0 Å². The van der Waals surface area contributed by atoms with E-state index in [9.17, 15) is 0 Å². The third-order valence-electron chi connectivity index (χ3n) is 15.9. The van der Waals surface area contributed by atoms with Gasteiger partial charge in [-0.05, 0) is 0 Å². The summed E-state index contributed by atoms with van der Waals surface area (Å²) in [6.45, 7) is 9.39. The predicted octanol–water partition coefficient (Wildman–Crippen LogP) is 15.4. The summed E-state index contributed by atoms with van der Waals surface area (Å²) in [7, 11) is -4.79. The van der Waals surface area contributed by atoms with E-state index in [1.807, 2.05) is 0 Å². The molecule has 0 heterocycles. The van der Waals surface area contributed by atoms with Crippen LogP contribution < -0.4 is 0 Å². The van der Waals surface area contributed by atoms with E-state index < -0.39 is 38.7 Å². The fourth-order valence-corrected chi connectivity index (χ4v) is 46.6. The molecule has 0 amide bonds. The maximum atomic E-state index is 8.83. The van der Waals surface area contributed by atoms with Crippen molar-refractivity contribution in [2.75, 3.05) is 0 Å². The molecule has 0 aromatic rings. The molecule has 0 aliphatic heterocycles. The van der Waals surface area contributed by atoms with Crippen molar-refractivity contribution < 1.29 is 32.7 Å². The molecule has 4 nitrogen and oxygen atoms in total. The van der Waals surface area contributed by atoms with E-state index in [1.165, 1.54) is 193 Å². The Morgan fingerprint density at radius 1 is 0.373 bits per heavy atom. The fourth-order valence-electron chi connectivity index (χ4n) is 13.1. The van der Waals surface area contributed by atoms with Gasteiger partial charge in [-0.25, -0.2) is 0 Å². The Labute approximate surface area is 325 Å². The average Bonchev–Trinajstić information content (AvgIpc) is 3.21. The molecule has 2 atom stereocenters. The zero-order valence-corrected chi connectivity index (χ0v) is 38.8.